The number of ether oxygens (including phenoxy) is 5. The van der Waals surface area contributed by atoms with Crippen LogP contribution in [0.1, 0.15) is 85.5 Å². The molecule has 0 radical (unpaired) electrons. The highest BCUT2D eigenvalue weighted by Crippen LogP contribution is 2.56. The van der Waals surface area contributed by atoms with Gasteiger partial charge in [-0.25, -0.2) is 4.98 Å². The van der Waals surface area contributed by atoms with Gasteiger partial charge in [0.15, 0.2) is 11.5 Å². The van der Waals surface area contributed by atoms with Crippen LogP contribution in [0, 0.1) is 24.7 Å². The molecular formula is C36H48F2N3O7PS. The molecule has 2 bridgehead atoms. The number of rotatable bonds is 12. The molecule has 0 spiro atoms. The number of fused-ring (bicyclic) bond motifs is 4. The topological polar surface area (TPSA) is 117 Å². The van der Waals surface area contributed by atoms with E-state index in [-0.39, 0.29) is 43.1 Å². The molecule has 1 aromatic heterocycles. The number of amides is 2. The van der Waals surface area contributed by atoms with Crippen LogP contribution in [0.3, 0.4) is 0 Å². The summed E-state index contributed by atoms with van der Waals surface area (Å²) in [7, 11) is 4.81. The summed E-state index contributed by atoms with van der Waals surface area (Å²) >= 11 is 1.35. The average Bonchev–Trinajstić information content (AvgIpc) is 3.85. The third kappa shape index (κ3) is 7.86. The number of carbonyl (C=O) groups is 2. The third-order valence-corrected chi connectivity index (χ3v) is 11.7. The summed E-state index contributed by atoms with van der Waals surface area (Å²) in [5.74, 6) is 2.39. The van der Waals surface area contributed by atoms with Crippen molar-refractivity contribution in [1.82, 2.24) is 10.3 Å². The molecule has 10 nitrogen and oxygen atoms in total. The van der Waals surface area contributed by atoms with Gasteiger partial charge in [0, 0.05) is 26.2 Å². The van der Waals surface area contributed by atoms with Crippen molar-refractivity contribution < 1.29 is 42.1 Å². The van der Waals surface area contributed by atoms with Gasteiger partial charge in [-0.15, -0.1) is 11.3 Å². The van der Waals surface area contributed by atoms with E-state index in [2.05, 4.69) is 43.3 Å². The van der Waals surface area contributed by atoms with Gasteiger partial charge in [0.2, 0.25) is 6.79 Å². The maximum absolute atomic E-state index is 14.3. The van der Waals surface area contributed by atoms with Crippen LogP contribution in [0.15, 0.2) is 24.3 Å². The number of anilines is 1. The number of halogens is 2. The molecule has 1 aliphatic carbocycles. The van der Waals surface area contributed by atoms with Gasteiger partial charge in [0.05, 0.1) is 45.7 Å². The zero-order valence-corrected chi connectivity index (χ0v) is 31.7. The van der Waals surface area contributed by atoms with Crippen LogP contribution < -0.4 is 24.8 Å². The van der Waals surface area contributed by atoms with Crippen LogP contribution in [0.4, 0.5) is 14.5 Å². The number of nitrogens with zero attached hydrogens (tertiary/aromatic N) is 1. The number of aromatic nitrogens is 1. The Morgan fingerprint density at radius 3 is 2.42 bits per heavy atom. The third-order valence-electron chi connectivity index (χ3n) is 10.2. The Morgan fingerprint density at radius 1 is 1.10 bits per heavy atom. The fourth-order valence-corrected chi connectivity index (χ4v) is 8.31. The molecular weight excluding hydrogens is 687 g/mol. The molecule has 1 saturated carbocycles. The highest BCUT2D eigenvalue weighted by molar-refractivity contribution is 7.19. The maximum atomic E-state index is 14.3. The first-order valence-corrected chi connectivity index (χ1v) is 18.4. The van der Waals surface area contributed by atoms with E-state index in [0.29, 0.717) is 39.8 Å². The molecule has 6 rings (SSSR count). The SMILES string of the molecule is CCC(C)C(C)CC(C)COC.COc1ccc2nc(C)sc2c1C(=O)Nc1cc2c(cc1C(=O)NC13CCC(C(F)(F)P)(C1)OC3)OCO2. The molecule has 6 unspecified atom stereocenters. The second-order valence-corrected chi connectivity index (χ2v) is 15.8. The van der Waals surface area contributed by atoms with E-state index < -0.39 is 28.6 Å². The zero-order chi connectivity index (χ0) is 36.4. The van der Waals surface area contributed by atoms with Crippen LogP contribution in [-0.2, 0) is 9.47 Å². The molecule has 1 saturated heterocycles. The van der Waals surface area contributed by atoms with Gasteiger partial charge in [0.25, 0.3) is 17.5 Å². The van der Waals surface area contributed by atoms with Crippen molar-refractivity contribution in [3.8, 4) is 17.2 Å². The summed E-state index contributed by atoms with van der Waals surface area (Å²) in [6.07, 6.45) is 3.04. The van der Waals surface area contributed by atoms with Gasteiger partial charge in [-0.05, 0) is 62.1 Å². The number of aryl methyl sites for hydroxylation is 1. The first kappa shape index (κ1) is 38.1. The van der Waals surface area contributed by atoms with Crippen LogP contribution in [0.2, 0.25) is 0 Å². The lowest BCUT2D eigenvalue weighted by Crippen LogP contribution is -2.48. The van der Waals surface area contributed by atoms with E-state index in [1.807, 2.05) is 6.92 Å². The fraction of sp³-hybridized carbons (Fsp3) is 0.583. The Labute approximate surface area is 298 Å². The molecule has 2 amide bonds. The summed E-state index contributed by atoms with van der Waals surface area (Å²) < 4.78 is 56.2. The lowest BCUT2D eigenvalue weighted by atomic mass is 9.86. The van der Waals surface area contributed by atoms with Crippen LogP contribution in [-0.4, -0.2) is 67.8 Å². The number of hydrogen-bond acceptors (Lipinski definition) is 9. The minimum atomic E-state index is -3.12. The minimum absolute atomic E-state index is 0.0155. The first-order valence-electron chi connectivity index (χ1n) is 17.0. The van der Waals surface area contributed by atoms with Crippen molar-refractivity contribution in [3.05, 3.63) is 40.4 Å². The molecule has 2 aliphatic heterocycles. The summed E-state index contributed by atoms with van der Waals surface area (Å²) in [5, 5.41) is 6.51. The maximum Gasteiger partial charge on any atom is 0.287 e. The average molecular weight is 736 g/mol. The quantitative estimate of drug-likeness (QED) is 0.181. The molecule has 2 N–H and O–H groups in total. The lowest BCUT2D eigenvalue weighted by molar-refractivity contribution is -0.140. The Bertz CT molecular complexity index is 1710. The zero-order valence-electron chi connectivity index (χ0n) is 29.7. The van der Waals surface area contributed by atoms with E-state index in [4.69, 9.17) is 23.7 Å². The summed E-state index contributed by atoms with van der Waals surface area (Å²) in [5.41, 5.74) is -4.48. The van der Waals surface area contributed by atoms with Crippen molar-refractivity contribution in [1.29, 1.82) is 0 Å². The van der Waals surface area contributed by atoms with Gasteiger partial charge < -0.3 is 34.3 Å². The van der Waals surface area contributed by atoms with Gasteiger partial charge in [0.1, 0.15) is 16.9 Å². The molecule has 50 heavy (non-hydrogen) atoms. The molecule has 6 atom stereocenters. The normalized spacial score (nSPS) is 22.4. The second-order valence-electron chi connectivity index (χ2n) is 13.9. The van der Waals surface area contributed by atoms with Crippen molar-refractivity contribution in [2.45, 2.75) is 83.5 Å². The Hall–Kier alpha value is -3.12. The van der Waals surface area contributed by atoms with Crippen molar-refractivity contribution in [3.63, 3.8) is 0 Å². The highest BCUT2D eigenvalue weighted by atomic mass is 32.1. The highest BCUT2D eigenvalue weighted by Gasteiger charge is 2.65. The van der Waals surface area contributed by atoms with Crippen LogP contribution in [0.25, 0.3) is 10.2 Å². The number of nitrogens with one attached hydrogen (secondary N) is 2. The number of benzene rings is 2. The minimum Gasteiger partial charge on any atom is -0.496 e. The van der Waals surface area contributed by atoms with Crippen molar-refractivity contribution in [2.24, 2.45) is 17.8 Å². The summed E-state index contributed by atoms with van der Waals surface area (Å²) in [6, 6.07) is 6.42. The summed E-state index contributed by atoms with van der Waals surface area (Å²) in [6.45, 7) is 11.9. The number of carbonyl (C=O) groups excluding carboxylic acids is 2. The van der Waals surface area contributed by atoms with E-state index in [0.717, 1.165) is 23.5 Å². The predicted molar refractivity (Wildman–Crippen MR) is 193 cm³/mol. The second kappa shape index (κ2) is 15.2. The van der Waals surface area contributed by atoms with Crippen LogP contribution in [0.5, 0.6) is 17.2 Å². The number of thiazole rings is 1. The molecule has 274 valence electrons. The van der Waals surface area contributed by atoms with Crippen molar-refractivity contribution in [2.75, 3.05) is 39.5 Å². The van der Waals surface area contributed by atoms with Crippen molar-refractivity contribution >= 4 is 48.3 Å². The number of methoxy groups -OCH3 is 2. The van der Waals surface area contributed by atoms with Gasteiger partial charge in [-0.2, -0.15) is 8.78 Å². The van der Waals surface area contributed by atoms with Crippen LogP contribution >= 0.6 is 20.6 Å². The summed E-state index contributed by atoms with van der Waals surface area (Å²) in [4.78, 5) is 31.6. The molecule has 3 aromatic rings. The monoisotopic (exact) mass is 735 g/mol. The van der Waals surface area contributed by atoms with E-state index in [1.165, 1.54) is 43.4 Å². The van der Waals surface area contributed by atoms with E-state index in [9.17, 15) is 18.4 Å². The van der Waals surface area contributed by atoms with E-state index >= 15 is 0 Å². The molecule has 14 heteroatoms. The smallest absolute Gasteiger partial charge is 0.287 e. The van der Waals surface area contributed by atoms with Gasteiger partial charge in [-0.3, -0.25) is 9.59 Å². The Morgan fingerprint density at radius 2 is 1.82 bits per heavy atom. The molecule has 3 heterocycles. The lowest BCUT2D eigenvalue weighted by Gasteiger charge is -2.32. The van der Waals surface area contributed by atoms with Gasteiger partial charge >= 0.3 is 0 Å². The Kier molecular flexibility index (Phi) is 11.6. The largest absolute Gasteiger partial charge is 0.496 e. The molecule has 2 fully saturated rings. The first-order chi connectivity index (χ1) is 23.6. The van der Waals surface area contributed by atoms with Gasteiger partial charge in [-0.1, -0.05) is 43.4 Å². The Balaban J connectivity index is 0.000000349. The van der Waals surface area contributed by atoms with E-state index in [1.54, 1.807) is 28.5 Å². The predicted octanol–water partition coefficient (Wildman–Crippen LogP) is 7.82. The number of alkyl halides is 2. The molecule has 3 aliphatic rings. The standard InChI is InChI=1S/C25H24F2N3O6PS.C11H24O/c1-12-28-14-3-4-16(33-2)19(20(14)38-12)22(32)29-15-8-18-17(34-11-35-18)7-13(15)21(31)30-23-5-6-24(9-23,36-10-23)25(26,27)37;1-6-10(3)11(4)7-9(2)8-12-5/h3-4,7-8H,5-6,9-11,37H2,1-2H3,(H,29,32)(H,30,31);9-11H,6-8H2,1-5H3. The fourth-order valence-electron chi connectivity index (χ4n) is 7.03. The molecule has 2 aromatic carbocycles. The number of hydrogen-bond donors (Lipinski definition) is 2.